The molecule has 5 heteroatoms. The van der Waals surface area contributed by atoms with Gasteiger partial charge in [0, 0.05) is 19.1 Å². The number of fused-ring (bicyclic) bond motifs is 2. The van der Waals surface area contributed by atoms with Crippen molar-refractivity contribution in [3.05, 3.63) is 0 Å². The third kappa shape index (κ3) is 2.68. The molecular weight excluding hydrogens is 230 g/mol. The fourth-order valence-corrected chi connectivity index (χ4v) is 3.05. The fraction of sp³-hybridized carbons (Fsp3) is 0.923. The number of likely N-dealkylation sites (N-methyl/N-ethyl adjacent to an activating group) is 1. The number of nitrogens with zero attached hydrogens (tertiary/aromatic N) is 1. The first kappa shape index (κ1) is 13.8. The fourth-order valence-electron chi connectivity index (χ4n) is 3.05. The third-order valence-corrected chi connectivity index (χ3v) is 4.49. The highest BCUT2D eigenvalue weighted by atomic mass is 16.5. The van der Waals surface area contributed by atoms with Crippen molar-refractivity contribution in [1.29, 1.82) is 0 Å². The van der Waals surface area contributed by atoms with Gasteiger partial charge in [-0.2, -0.15) is 0 Å². The molecule has 2 rings (SSSR count). The van der Waals surface area contributed by atoms with Gasteiger partial charge in [-0.3, -0.25) is 9.69 Å². The molecule has 0 aromatic rings. The lowest BCUT2D eigenvalue weighted by Crippen LogP contribution is -2.56. The molecule has 4 atom stereocenters. The molecule has 0 aromatic carbocycles. The Kier molecular flexibility index (Phi) is 3.94. The quantitative estimate of drug-likeness (QED) is 0.731. The van der Waals surface area contributed by atoms with E-state index in [9.17, 15) is 4.79 Å². The minimum atomic E-state index is -0.628. The zero-order chi connectivity index (χ0) is 13.3. The van der Waals surface area contributed by atoms with Crippen molar-refractivity contribution in [2.45, 2.75) is 56.9 Å². The normalized spacial score (nSPS) is 33.1. The molecule has 18 heavy (non-hydrogen) atoms. The Balaban J connectivity index is 1.95. The van der Waals surface area contributed by atoms with Crippen LogP contribution in [0, 0.1) is 0 Å². The van der Waals surface area contributed by atoms with Crippen molar-refractivity contribution in [1.82, 2.24) is 10.2 Å². The summed E-state index contributed by atoms with van der Waals surface area (Å²) in [5.41, 5.74) is 4.85. The van der Waals surface area contributed by atoms with E-state index in [1.54, 1.807) is 7.05 Å². The molecule has 0 spiro atoms. The van der Waals surface area contributed by atoms with E-state index in [0.29, 0.717) is 18.2 Å². The first-order valence-corrected chi connectivity index (χ1v) is 6.83. The molecule has 2 heterocycles. The molecular formula is C13H25N3O2. The Morgan fingerprint density at radius 1 is 1.50 bits per heavy atom. The van der Waals surface area contributed by atoms with Crippen LogP contribution in [0.3, 0.4) is 0 Å². The predicted octanol–water partition coefficient (Wildman–Crippen LogP) is 0.0916. The summed E-state index contributed by atoms with van der Waals surface area (Å²) in [6.45, 7) is 6.01. The number of morpholine rings is 1. The van der Waals surface area contributed by atoms with Crippen molar-refractivity contribution >= 4 is 5.91 Å². The Labute approximate surface area is 109 Å². The van der Waals surface area contributed by atoms with Gasteiger partial charge in [-0.15, -0.1) is 0 Å². The second kappa shape index (κ2) is 5.15. The zero-order valence-corrected chi connectivity index (χ0v) is 11.6. The van der Waals surface area contributed by atoms with Crippen LogP contribution in [0.1, 0.15) is 33.1 Å². The van der Waals surface area contributed by atoms with Gasteiger partial charge in [-0.25, -0.2) is 0 Å². The van der Waals surface area contributed by atoms with Crippen LogP contribution in [0.5, 0.6) is 0 Å². The SMILES string of the molecule is CNC(C)(CC(C)N1CC2CCC(C1)O2)C(N)=O. The lowest BCUT2D eigenvalue weighted by molar-refractivity contribution is -0.124. The third-order valence-electron chi connectivity index (χ3n) is 4.49. The molecule has 5 nitrogen and oxygen atoms in total. The number of primary amides is 1. The number of carbonyl (C=O) groups excluding carboxylic acids is 1. The maximum Gasteiger partial charge on any atom is 0.237 e. The van der Waals surface area contributed by atoms with E-state index >= 15 is 0 Å². The number of hydrogen-bond acceptors (Lipinski definition) is 4. The maximum atomic E-state index is 11.5. The second-order valence-corrected chi connectivity index (χ2v) is 5.91. The molecule has 2 saturated heterocycles. The van der Waals surface area contributed by atoms with Gasteiger partial charge < -0.3 is 15.8 Å². The zero-order valence-electron chi connectivity index (χ0n) is 11.6. The van der Waals surface area contributed by atoms with Crippen LogP contribution in [0.15, 0.2) is 0 Å². The van der Waals surface area contributed by atoms with Gasteiger partial charge in [0.15, 0.2) is 0 Å². The van der Waals surface area contributed by atoms with E-state index in [-0.39, 0.29) is 5.91 Å². The first-order valence-electron chi connectivity index (χ1n) is 6.83. The van der Waals surface area contributed by atoms with Crippen LogP contribution in [-0.2, 0) is 9.53 Å². The van der Waals surface area contributed by atoms with Gasteiger partial charge in [0.05, 0.1) is 17.7 Å². The number of nitrogens with one attached hydrogen (secondary N) is 1. The molecule has 4 unspecified atom stereocenters. The monoisotopic (exact) mass is 255 g/mol. The standard InChI is InChI=1S/C13H25N3O2/c1-9(6-13(2,15-3)12(14)17)16-7-10-4-5-11(8-16)18-10/h9-11,15H,4-8H2,1-3H3,(H2,14,17). The Morgan fingerprint density at radius 3 is 2.50 bits per heavy atom. The molecule has 2 bridgehead atoms. The van der Waals surface area contributed by atoms with Crippen LogP contribution in [0.25, 0.3) is 0 Å². The smallest absolute Gasteiger partial charge is 0.237 e. The van der Waals surface area contributed by atoms with Crippen molar-refractivity contribution < 1.29 is 9.53 Å². The summed E-state index contributed by atoms with van der Waals surface area (Å²) in [6.07, 6.45) is 3.86. The highest BCUT2D eigenvalue weighted by Crippen LogP contribution is 2.28. The van der Waals surface area contributed by atoms with Gasteiger partial charge in [-0.1, -0.05) is 0 Å². The van der Waals surface area contributed by atoms with Crippen LogP contribution < -0.4 is 11.1 Å². The number of hydrogen-bond donors (Lipinski definition) is 2. The second-order valence-electron chi connectivity index (χ2n) is 5.91. The summed E-state index contributed by atoms with van der Waals surface area (Å²) in [5, 5.41) is 3.05. The molecule has 0 radical (unpaired) electrons. The van der Waals surface area contributed by atoms with Crippen LogP contribution in [0.2, 0.25) is 0 Å². The van der Waals surface area contributed by atoms with Gasteiger partial charge in [0.25, 0.3) is 0 Å². The highest BCUT2D eigenvalue weighted by molar-refractivity contribution is 5.84. The van der Waals surface area contributed by atoms with Crippen molar-refractivity contribution in [3.63, 3.8) is 0 Å². The number of carbonyl (C=O) groups is 1. The summed E-state index contributed by atoms with van der Waals surface area (Å²) in [7, 11) is 1.79. The molecule has 0 aliphatic carbocycles. The lowest BCUT2D eigenvalue weighted by Gasteiger charge is -2.39. The van der Waals surface area contributed by atoms with Crippen molar-refractivity contribution in [3.8, 4) is 0 Å². The number of likely N-dealkylation sites (tertiary alicyclic amines) is 1. The lowest BCUT2D eigenvalue weighted by atomic mass is 9.92. The van der Waals surface area contributed by atoms with E-state index < -0.39 is 5.54 Å². The molecule has 3 N–H and O–H groups in total. The topological polar surface area (TPSA) is 67.6 Å². The predicted molar refractivity (Wildman–Crippen MR) is 70.2 cm³/mol. The Hall–Kier alpha value is -0.650. The molecule has 2 aliphatic heterocycles. The highest BCUT2D eigenvalue weighted by Gasteiger charge is 2.38. The molecule has 0 saturated carbocycles. The summed E-state index contributed by atoms with van der Waals surface area (Å²) in [6, 6.07) is 0.335. The van der Waals surface area contributed by atoms with Crippen LogP contribution >= 0.6 is 0 Å². The molecule has 104 valence electrons. The minimum Gasteiger partial charge on any atom is -0.372 e. The number of rotatable bonds is 5. The van der Waals surface area contributed by atoms with Crippen molar-refractivity contribution in [2.75, 3.05) is 20.1 Å². The summed E-state index contributed by atoms with van der Waals surface area (Å²) < 4.78 is 5.83. The van der Waals surface area contributed by atoms with E-state index in [0.717, 1.165) is 19.5 Å². The Morgan fingerprint density at radius 2 is 2.06 bits per heavy atom. The average Bonchev–Trinajstić information content (AvgIpc) is 2.67. The largest absolute Gasteiger partial charge is 0.372 e. The molecule has 0 aromatic heterocycles. The van der Waals surface area contributed by atoms with Gasteiger partial charge >= 0.3 is 0 Å². The van der Waals surface area contributed by atoms with Gasteiger partial charge in [0.1, 0.15) is 0 Å². The maximum absolute atomic E-state index is 11.5. The van der Waals surface area contributed by atoms with Crippen LogP contribution in [-0.4, -0.2) is 54.7 Å². The molecule has 2 aliphatic rings. The summed E-state index contributed by atoms with van der Waals surface area (Å²) in [4.78, 5) is 14.0. The van der Waals surface area contributed by atoms with E-state index in [4.69, 9.17) is 10.5 Å². The first-order chi connectivity index (χ1) is 8.44. The van der Waals surface area contributed by atoms with E-state index in [1.165, 1.54) is 12.8 Å². The van der Waals surface area contributed by atoms with Gasteiger partial charge in [-0.05, 0) is 40.2 Å². The summed E-state index contributed by atoms with van der Waals surface area (Å²) >= 11 is 0. The summed E-state index contributed by atoms with van der Waals surface area (Å²) in [5.74, 6) is -0.284. The number of amides is 1. The van der Waals surface area contributed by atoms with E-state index in [1.807, 2.05) is 6.92 Å². The molecule has 1 amide bonds. The number of ether oxygens (including phenoxy) is 1. The molecule has 2 fully saturated rings. The average molecular weight is 255 g/mol. The number of nitrogens with two attached hydrogens (primary N) is 1. The Bertz CT molecular complexity index is 311. The minimum absolute atomic E-state index is 0.284. The van der Waals surface area contributed by atoms with Crippen molar-refractivity contribution in [2.24, 2.45) is 5.73 Å². The van der Waals surface area contributed by atoms with E-state index in [2.05, 4.69) is 17.1 Å². The van der Waals surface area contributed by atoms with Gasteiger partial charge in [0.2, 0.25) is 5.91 Å². The van der Waals surface area contributed by atoms with Crippen LogP contribution in [0.4, 0.5) is 0 Å².